The van der Waals surface area contributed by atoms with E-state index < -0.39 is 11.5 Å². The fraction of sp³-hybridized carbons (Fsp3) is 0.867. The van der Waals surface area contributed by atoms with Crippen LogP contribution in [0.4, 0.5) is 0 Å². The zero-order valence-corrected chi connectivity index (χ0v) is 12.1. The second-order valence-electron chi connectivity index (χ2n) is 6.52. The molecule has 1 saturated carbocycles. The van der Waals surface area contributed by atoms with Crippen molar-refractivity contribution >= 4 is 11.9 Å². The summed E-state index contributed by atoms with van der Waals surface area (Å²) in [5, 5.41) is 13.0. The fourth-order valence-electron chi connectivity index (χ4n) is 4.57. The summed E-state index contributed by atoms with van der Waals surface area (Å²) in [7, 11) is 0. The Morgan fingerprint density at radius 1 is 1.35 bits per heavy atom. The van der Waals surface area contributed by atoms with Crippen LogP contribution < -0.4 is 5.32 Å². The molecule has 0 aromatic heterocycles. The first-order valence-corrected chi connectivity index (χ1v) is 7.88. The van der Waals surface area contributed by atoms with E-state index >= 15 is 0 Å². The topological polar surface area (TPSA) is 69.6 Å². The summed E-state index contributed by atoms with van der Waals surface area (Å²) in [4.78, 5) is 26.2. The number of carbonyl (C=O) groups is 2. The van der Waals surface area contributed by atoms with Crippen LogP contribution in [0, 0.1) is 11.8 Å². The summed E-state index contributed by atoms with van der Waals surface area (Å²) >= 11 is 0. The highest BCUT2D eigenvalue weighted by Crippen LogP contribution is 2.40. The van der Waals surface area contributed by atoms with E-state index in [1.807, 2.05) is 6.92 Å². The summed E-state index contributed by atoms with van der Waals surface area (Å²) in [6, 6.07) is -0.147. The van der Waals surface area contributed by atoms with E-state index in [1.165, 1.54) is 12.8 Å². The minimum Gasteiger partial charge on any atom is -0.479 e. The standard InChI is InChI=1S/C15H24N2O3/c1-2-15(14(19)20)7-4-8-17(15)13(18)12-11-6-3-5-10(11)9-16-12/h10-12,16H,2-9H2,1H3,(H,19,20). The van der Waals surface area contributed by atoms with E-state index in [0.717, 1.165) is 19.4 Å². The van der Waals surface area contributed by atoms with Gasteiger partial charge in [0.15, 0.2) is 0 Å². The fourth-order valence-corrected chi connectivity index (χ4v) is 4.57. The van der Waals surface area contributed by atoms with Gasteiger partial charge in [0.1, 0.15) is 5.54 Å². The highest BCUT2D eigenvalue weighted by Gasteiger charge is 2.52. The molecule has 1 amide bonds. The van der Waals surface area contributed by atoms with Gasteiger partial charge in [0.2, 0.25) is 5.91 Å². The third-order valence-corrected chi connectivity index (χ3v) is 5.75. The van der Waals surface area contributed by atoms with Crippen molar-refractivity contribution in [3.05, 3.63) is 0 Å². The van der Waals surface area contributed by atoms with Crippen LogP contribution in [0.2, 0.25) is 0 Å². The average Bonchev–Trinajstić information content (AvgIpc) is 3.12. The number of nitrogens with one attached hydrogen (secondary N) is 1. The summed E-state index contributed by atoms with van der Waals surface area (Å²) in [5.41, 5.74) is -0.963. The third-order valence-electron chi connectivity index (χ3n) is 5.75. The van der Waals surface area contributed by atoms with Crippen molar-refractivity contribution in [3.8, 4) is 0 Å². The van der Waals surface area contributed by atoms with Crippen molar-refractivity contribution < 1.29 is 14.7 Å². The number of fused-ring (bicyclic) bond motifs is 1. The molecule has 0 spiro atoms. The van der Waals surface area contributed by atoms with Gasteiger partial charge in [-0.15, -0.1) is 0 Å². The van der Waals surface area contributed by atoms with Gasteiger partial charge in [-0.2, -0.15) is 0 Å². The maximum Gasteiger partial charge on any atom is 0.329 e. The Kier molecular flexibility index (Phi) is 3.48. The molecular formula is C15H24N2O3. The second-order valence-corrected chi connectivity index (χ2v) is 6.52. The van der Waals surface area contributed by atoms with Gasteiger partial charge >= 0.3 is 5.97 Å². The van der Waals surface area contributed by atoms with E-state index in [4.69, 9.17) is 0 Å². The molecule has 2 heterocycles. The number of amides is 1. The molecule has 20 heavy (non-hydrogen) atoms. The lowest BCUT2D eigenvalue weighted by Gasteiger charge is -2.36. The largest absolute Gasteiger partial charge is 0.479 e. The molecule has 2 aliphatic heterocycles. The molecule has 0 radical (unpaired) electrons. The van der Waals surface area contributed by atoms with Crippen molar-refractivity contribution in [1.82, 2.24) is 10.2 Å². The van der Waals surface area contributed by atoms with E-state index in [0.29, 0.717) is 31.2 Å². The predicted octanol–water partition coefficient (Wildman–Crippen LogP) is 1.23. The maximum absolute atomic E-state index is 12.9. The van der Waals surface area contributed by atoms with Gasteiger partial charge in [0.25, 0.3) is 0 Å². The highest BCUT2D eigenvalue weighted by molar-refractivity contribution is 5.90. The van der Waals surface area contributed by atoms with Crippen molar-refractivity contribution in [1.29, 1.82) is 0 Å². The molecule has 3 fully saturated rings. The van der Waals surface area contributed by atoms with E-state index in [2.05, 4.69) is 5.32 Å². The van der Waals surface area contributed by atoms with Crippen molar-refractivity contribution in [2.24, 2.45) is 11.8 Å². The monoisotopic (exact) mass is 280 g/mol. The Balaban J connectivity index is 1.81. The molecule has 1 aliphatic carbocycles. The molecule has 4 unspecified atom stereocenters. The molecule has 0 aromatic carbocycles. The minimum absolute atomic E-state index is 0.0288. The van der Waals surface area contributed by atoms with Gasteiger partial charge in [-0.1, -0.05) is 13.3 Å². The third kappa shape index (κ3) is 1.86. The molecule has 4 atom stereocenters. The maximum atomic E-state index is 12.9. The summed E-state index contributed by atoms with van der Waals surface area (Å²) in [6.45, 7) is 3.38. The Labute approximate surface area is 119 Å². The number of nitrogens with zero attached hydrogens (tertiary/aromatic N) is 1. The molecular weight excluding hydrogens is 256 g/mol. The number of carboxylic acid groups (broad SMARTS) is 1. The van der Waals surface area contributed by atoms with Crippen LogP contribution in [0.25, 0.3) is 0 Å². The Hall–Kier alpha value is -1.10. The van der Waals surface area contributed by atoms with E-state index in [1.54, 1.807) is 4.90 Å². The van der Waals surface area contributed by atoms with Crippen LogP contribution in [0.3, 0.4) is 0 Å². The van der Waals surface area contributed by atoms with Crippen molar-refractivity contribution in [2.75, 3.05) is 13.1 Å². The quantitative estimate of drug-likeness (QED) is 0.816. The number of likely N-dealkylation sites (tertiary alicyclic amines) is 1. The van der Waals surface area contributed by atoms with Crippen LogP contribution in [-0.2, 0) is 9.59 Å². The number of carbonyl (C=O) groups excluding carboxylic acids is 1. The van der Waals surface area contributed by atoms with Crippen LogP contribution in [0.1, 0.15) is 45.4 Å². The van der Waals surface area contributed by atoms with Gasteiger partial charge in [-0.3, -0.25) is 4.79 Å². The van der Waals surface area contributed by atoms with E-state index in [9.17, 15) is 14.7 Å². The number of aliphatic carboxylic acids is 1. The normalized spacial score (nSPS) is 40.0. The van der Waals surface area contributed by atoms with Gasteiger partial charge in [-0.25, -0.2) is 4.79 Å². The number of hydrogen-bond acceptors (Lipinski definition) is 3. The molecule has 3 aliphatic rings. The van der Waals surface area contributed by atoms with Gasteiger partial charge in [0, 0.05) is 6.54 Å². The Bertz CT molecular complexity index is 425. The van der Waals surface area contributed by atoms with Crippen LogP contribution in [0.5, 0.6) is 0 Å². The first-order chi connectivity index (χ1) is 9.60. The Morgan fingerprint density at radius 3 is 2.85 bits per heavy atom. The SMILES string of the molecule is CCC1(C(=O)O)CCCN1C(=O)C1NCC2CCCC21. The first kappa shape index (κ1) is 13.9. The molecule has 3 rings (SSSR count). The minimum atomic E-state index is -0.963. The zero-order valence-electron chi connectivity index (χ0n) is 12.1. The lowest BCUT2D eigenvalue weighted by molar-refractivity contribution is -0.158. The molecule has 5 heteroatoms. The van der Waals surface area contributed by atoms with Crippen molar-refractivity contribution in [2.45, 2.75) is 57.0 Å². The lowest BCUT2D eigenvalue weighted by atomic mass is 9.89. The first-order valence-electron chi connectivity index (χ1n) is 7.88. The molecule has 2 N–H and O–H groups in total. The van der Waals surface area contributed by atoms with Crippen molar-refractivity contribution in [3.63, 3.8) is 0 Å². The van der Waals surface area contributed by atoms with Gasteiger partial charge < -0.3 is 15.3 Å². The smallest absolute Gasteiger partial charge is 0.329 e. The number of rotatable bonds is 3. The highest BCUT2D eigenvalue weighted by atomic mass is 16.4. The van der Waals surface area contributed by atoms with Gasteiger partial charge in [0.05, 0.1) is 6.04 Å². The summed E-state index contributed by atoms with van der Waals surface area (Å²) in [5.74, 6) is 0.229. The lowest BCUT2D eigenvalue weighted by Crippen LogP contribution is -2.57. The molecule has 0 aromatic rings. The number of hydrogen-bond donors (Lipinski definition) is 2. The number of carboxylic acids is 1. The molecule has 5 nitrogen and oxygen atoms in total. The van der Waals surface area contributed by atoms with Crippen LogP contribution in [-0.4, -0.2) is 46.6 Å². The van der Waals surface area contributed by atoms with Crippen LogP contribution in [0.15, 0.2) is 0 Å². The second kappa shape index (κ2) is 5.02. The van der Waals surface area contributed by atoms with E-state index in [-0.39, 0.29) is 11.9 Å². The Morgan fingerprint density at radius 2 is 2.15 bits per heavy atom. The average molecular weight is 280 g/mol. The molecule has 0 bridgehead atoms. The summed E-state index contributed by atoms with van der Waals surface area (Å²) < 4.78 is 0. The van der Waals surface area contributed by atoms with Crippen LogP contribution >= 0.6 is 0 Å². The van der Waals surface area contributed by atoms with Gasteiger partial charge in [-0.05, 0) is 50.5 Å². The molecule has 2 saturated heterocycles. The summed E-state index contributed by atoms with van der Waals surface area (Å²) in [6.07, 6.45) is 5.40. The molecule has 112 valence electrons. The predicted molar refractivity (Wildman–Crippen MR) is 74.2 cm³/mol. The zero-order chi connectivity index (χ0) is 14.3.